The van der Waals surface area contributed by atoms with Crippen LogP contribution in [0.2, 0.25) is 0 Å². The number of methoxy groups -OCH3 is 1. The molecular formula is C20H21NO3. The lowest BCUT2D eigenvalue weighted by molar-refractivity contribution is 0.0600. The summed E-state index contributed by atoms with van der Waals surface area (Å²) in [5.74, 6) is -0.430. The molecule has 0 saturated heterocycles. The van der Waals surface area contributed by atoms with E-state index in [-0.39, 0.29) is 5.91 Å². The molecule has 0 aliphatic carbocycles. The second-order valence-electron chi connectivity index (χ2n) is 6.21. The molecule has 0 saturated carbocycles. The molecular weight excluding hydrogens is 302 g/mol. The van der Waals surface area contributed by atoms with Crippen molar-refractivity contribution in [3.05, 3.63) is 64.2 Å². The van der Waals surface area contributed by atoms with E-state index in [0.29, 0.717) is 17.7 Å². The van der Waals surface area contributed by atoms with Crippen molar-refractivity contribution in [2.24, 2.45) is 0 Å². The molecule has 24 heavy (non-hydrogen) atoms. The maximum Gasteiger partial charge on any atom is 0.337 e. The molecule has 0 N–H and O–H groups in total. The quantitative estimate of drug-likeness (QED) is 0.792. The summed E-state index contributed by atoms with van der Waals surface area (Å²) < 4.78 is 4.69. The Hall–Kier alpha value is -2.62. The molecule has 2 aromatic carbocycles. The third-order valence-electron chi connectivity index (χ3n) is 4.49. The van der Waals surface area contributed by atoms with Crippen molar-refractivity contribution in [1.29, 1.82) is 0 Å². The fraction of sp³-hybridized carbons (Fsp3) is 0.300. The minimum atomic E-state index is -0.399. The van der Waals surface area contributed by atoms with Gasteiger partial charge in [-0.25, -0.2) is 4.79 Å². The second-order valence-corrected chi connectivity index (χ2v) is 6.21. The highest BCUT2D eigenvalue weighted by Gasteiger charge is 2.25. The smallest absolute Gasteiger partial charge is 0.337 e. The van der Waals surface area contributed by atoms with Crippen molar-refractivity contribution in [2.45, 2.75) is 26.7 Å². The number of amides is 1. The molecule has 0 atom stereocenters. The maximum absolute atomic E-state index is 12.9. The first-order valence-corrected chi connectivity index (χ1v) is 8.11. The number of benzene rings is 2. The van der Waals surface area contributed by atoms with Gasteiger partial charge in [-0.05, 0) is 73.7 Å². The number of aryl methyl sites for hydroxylation is 2. The minimum Gasteiger partial charge on any atom is -0.465 e. The molecule has 4 heteroatoms. The second kappa shape index (κ2) is 6.48. The van der Waals surface area contributed by atoms with Gasteiger partial charge in [0.2, 0.25) is 0 Å². The van der Waals surface area contributed by atoms with Crippen LogP contribution in [0.15, 0.2) is 36.4 Å². The van der Waals surface area contributed by atoms with Crippen LogP contribution in [0.1, 0.15) is 43.8 Å². The van der Waals surface area contributed by atoms with Crippen molar-refractivity contribution < 1.29 is 14.3 Å². The molecule has 0 aromatic heterocycles. The van der Waals surface area contributed by atoms with E-state index in [1.165, 1.54) is 18.2 Å². The Bertz CT molecular complexity index is 793. The molecule has 1 aliphatic heterocycles. The van der Waals surface area contributed by atoms with Crippen molar-refractivity contribution >= 4 is 17.6 Å². The van der Waals surface area contributed by atoms with Crippen LogP contribution >= 0.6 is 0 Å². The SMILES string of the molecule is COC(=O)c1ccc(C(=O)N2CCCc3c(C)cc(C)cc32)cc1. The molecule has 0 spiro atoms. The largest absolute Gasteiger partial charge is 0.465 e. The van der Waals surface area contributed by atoms with E-state index in [1.807, 2.05) is 4.90 Å². The summed E-state index contributed by atoms with van der Waals surface area (Å²) in [7, 11) is 1.34. The molecule has 2 aromatic rings. The monoisotopic (exact) mass is 323 g/mol. The Balaban J connectivity index is 1.93. The summed E-state index contributed by atoms with van der Waals surface area (Å²) in [5, 5.41) is 0. The van der Waals surface area contributed by atoms with Crippen molar-refractivity contribution in [2.75, 3.05) is 18.6 Å². The number of carbonyl (C=O) groups excluding carboxylic acids is 2. The van der Waals surface area contributed by atoms with Gasteiger partial charge < -0.3 is 9.64 Å². The van der Waals surface area contributed by atoms with E-state index >= 15 is 0 Å². The van der Waals surface area contributed by atoms with Crippen LogP contribution < -0.4 is 4.90 Å². The summed E-state index contributed by atoms with van der Waals surface area (Å²) in [6.07, 6.45) is 1.97. The zero-order valence-electron chi connectivity index (χ0n) is 14.3. The predicted molar refractivity (Wildman–Crippen MR) is 93.7 cm³/mol. The number of anilines is 1. The van der Waals surface area contributed by atoms with Crippen molar-refractivity contribution in [3.63, 3.8) is 0 Å². The number of ether oxygens (including phenoxy) is 1. The number of nitrogens with zero attached hydrogens (tertiary/aromatic N) is 1. The van der Waals surface area contributed by atoms with Gasteiger partial charge in [-0.15, -0.1) is 0 Å². The van der Waals surface area contributed by atoms with Gasteiger partial charge in [0.1, 0.15) is 0 Å². The molecule has 1 heterocycles. The van der Waals surface area contributed by atoms with E-state index in [9.17, 15) is 9.59 Å². The number of fused-ring (bicyclic) bond motifs is 1. The van der Waals surface area contributed by atoms with Gasteiger partial charge in [-0.3, -0.25) is 4.79 Å². The van der Waals surface area contributed by atoms with Gasteiger partial charge in [0.25, 0.3) is 5.91 Å². The first-order chi connectivity index (χ1) is 11.5. The van der Waals surface area contributed by atoms with E-state index < -0.39 is 5.97 Å². The van der Waals surface area contributed by atoms with Crippen LogP contribution in [0, 0.1) is 13.8 Å². The summed E-state index contributed by atoms with van der Waals surface area (Å²) in [6.45, 7) is 4.87. The predicted octanol–water partition coefficient (Wildman–Crippen LogP) is 3.68. The highest BCUT2D eigenvalue weighted by Crippen LogP contribution is 2.32. The molecule has 124 valence electrons. The zero-order valence-corrected chi connectivity index (χ0v) is 14.3. The number of esters is 1. The summed E-state index contributed by atoms with van der Waals surface area (Å²) in [4.78, 5) is 26.3. The number of carbonyl (C=O) groups is 2. The van der Waals surface area contributed by atoms with Crippen LogP contribution in [0.5, 0.6) is 0 Å². The third kappa shape index (κ3) is 2.92. The van der Waals surface area contributed by atoms with Crippen molar-refractivity contribution in [1.82, 2.24) is 0 Å². The lowest BCUT2D eigenvalue weighted by Crippen LogP contribution is -2.35. The minimum absolute atomic E-state index is 0.0302. The maximum atomic E-state index is 12.9. The Morgan fingerprint density at radius 3 is 2.38 bits per heavy atom. The first-order valence-electron chi connectivity index (χ1n) is 8.11. The molecule has 0 unspecified atom stereocenters. The summed E-state index contributed by atoms with van der Waals surface area (Å²) in [5.41, 5.74) is 5.69. The Morgan fingerprint density at radius 1 is 1.04 bits per heavy atom. The van der Waals surface area contributed by atoms with Crippen LogP contribution in [-0.4, -0.2) is 25.5 Å². The highest BCUT2D eigenvalue weighted by molar-refractivity contribution is 6.07. The average Bonchev–Trinajstić information content (AvgIpc) is 2.60. The Morgan fingerprint density at radius 2 is 1.71 bits per heavy atom. The van der Waals surface area contributed by atoms with Gasteiger partial charge in [0.05, 0.1) is 12.7 Å². The van der Waals surface area contributed by atoms with Gasteiger partial charge in [-0.1, -0.05) is 6.07 Å². The van der Waals surface area contributed by atoms with Crippen molar-refractivity contribution in [3.8, 4) is 0 Å². The number of rotatable bonds is 2. The Kier molecular flexibility index (Phi) is 4.38. The van der Waals surface area contributed by atoms with E-state index in [0.717, 1.165) is 24.1 Å². The Labute approximate surface area is 142 Å². The standard InChI is InChI=1S/C20H21NO3/c1-13-11-14(2)17-5-4-10-21(18(17)12-13)19(22)15-6-8-16(9-7-15)20(23)24-3/h6-9,11-12H,4-5,10H2,1-3H3. The van der Waals surface area contributed by atoms with Gasteiger partial charge in [0.15, 0.2) is 0 Å². The fourth-order valence-corrected chi connectivity index (χ4v) is 3.31. The topological polar surface area (TPSA) is 46.6 Å². The summed E-state index contributed by atoms with van der Waals surface area (Å²) in [6, 6.07) is 10.9. The lowest BCUT2D eigenvalue weighted by atomic mass is 9.94. The zero-order chi connectivity index (χ0) is 17.3. The van der Waals surface area contributed by atoms with E-state index in [4.69, 9.17) is 4.74 Å². The van der Waals surface area contributed by atoms with Gasteiger partial charge >= 0.3 is 5.97 Å². The molecule has 0 fully saturated rings. The molecule has 1 aliphatic rings. The molecule has 4 nitrogen and oxygen atoms in total. The van der Waals surface area contributed by atoms with Gasteiger partial charge in [-0.2, -0.15) is 0 Å². The molecule has 1 amide bonds. The lowest BCUT2D eigenvalue weighted by Gasteiger charge is -2.31. The first kappa shape index (κ1) is 16.2. The fourth-order valence-electron chi connectivity index (χ4n) is 3.31. The third-order valence-corrected chi connectivity index (χ3v) is 4.49. The average molecular weight is 323 g/mol. The molecule has 0 bridgehead atoms. The summed E-state index contributed by atoms with van der Waals surface area (Å²) >= 11 is 0. The van der Waals surface area contributed by atoms with Crippen LogP contribution in [0.4, 0.5) is 5.69 Å². The molecule has 3 rings (SSSR count). The van der Waals surface area contributed by atoms with Gasteiger partial charge in [0, 0.05) is 17.8 Å². The van der Waals surface area contributed by atoms with E-state index in [2.05, 4.69) is 26.0 Å². The van der Waals surface area contributed by atoms with E-state index in [1.54, 1.807) is 24.3 Å². The van der Waals surface area contributed by atoms with Crippen LogP contribution in [0.3, 0.4) is 0 Å². The number of hydrogen-bond donors (Lipinski definition) is 0. The van der Waals surface area contributed by atoms with Crippen LogP contribution in [-0.2, 0) is 11.2 Å². The number of hydrogen-bond acceptors (Lipinski definition) is 3. The van der Waals surface area contributed by atoms with Crippen LogP contribution in [0.25, 0.3) is 0 Å². The normalized spacial score (nSPS) is 13.4. The molecule has 0 radical (unpaired) electrons. The highest BCUT2D eigenvalue weighted by atomic mass is 16.5.